The van der Waals surface area contributed by atoms with Crippen LogP contribution in [0, 0.1) is 5.82 Å². The second-order valence-corrected chi connectivity index (χ2v) is 6.63. The van der Waals surface area contributed by atoms with Gasteiger partial charge in [-0.3, -0.25) is 5.10 Å². The lowest BCUT2D eigenvalue weighted by Gasteiger charge is -1.98. The molecule has 4 rings (SSSR count). The molecule has 3 aromatic heterocycles. The van der Waals surface area contributed by atoms with Gasteiger partial charge in [-0.1, -0.05) is 23.5 Å². The molecule has 7 nitrogen and oxygen atoms in total. The zero-order valence-corrected chi connectivity index (χ0v) is 14.5. The lowest BCUT2D eigenvalue weighted by atomic mass is 10.2. The lowest BCUT2D eigenvalue weighted by Crippen LogP contribution is -2.05. The van der Waals surface area contributed by atoms with Gasteiger partial charge in [0.2, 0.25) is 11.0 Å². The Morgan fingerprint density at radius 3 is 2.85 bits per heavy atom. The fraction of sp³-hybridized carbons (Fsp3) is 0.176. The minimum atomic E-state index is -0.240. The number of hydrogen-bond donors (Lipinski definition) is 2. The topological polar surface area (TPSA) is 92.5 Å². The molecule has 0 spiro atoms. The number of rotatable bonds is 7. The van der Waals surface area contributed by atoms with Crippen LogP contribution in [0.2, 0.25) is 0 Å². The van der Waals surface area contributed by atoms with E-state index >= 15 is 0 Å². The van der Waals surface area contributed by atoms with Crippen LogP contribution in [0.4, 0.5) is 9.52 Å². The SMILES string of the molecule is Fc1ccc(Cc2nnc(NCCc3nc(-c4ccco4)n[nH]3)s2)cc1. The van der Waals surface area contributed by atoms with Crippen molar-refractivity contribution in [1.82, 2.24) is 25.4 Å². The quantitative estimate of drug-likeness (QED) is 0.518. The molecule has 0 unspecified atom stereocenters. The molecule has 9 heteroatoms. The van der Waals surface area contributed by atoms with Gasteiger partial charge in [-0.15, -0.1) is 10.2 Å². The van der Waals surface area contributed by atoms with Gasteiger partial charge in [0, 0.05) is 19.4 Å². The molecule has 0 saturated heterocycles. The summed E-state index contributed by atoms with van der Waals surface area (Å²) in [5.41, 5.74) is 1.00. The average molecular weight is 370 g/mol. The third-order valence-electron chi connectivity index (χ3n) is 3.65. The van der Waals surface area contributed by atoms with Gasteiger partial charge in [-0.05, 0) is 29.8 Å². The van der Waals surface area contributed by atoms with E-state index in [1.54, 1.807) is 24.5 Å². The van der Waals surface area contributed by atoms with Crippen LogP contribution in [0.5, 0.6) is 0 Å². The van der Waals surface area contributed by atoms with Gasteiger partial charge in [0.25, 0.3) is 0 Å². The Kier molecular flexibility index (Phi) is 4.69. The highest BCUT2D eigenvalue weighted by Gasteiger charge is 2.09. The molecule has 0 aliphatic rings. The summed E-state index contributed by atoms with van der Waals surface area (Å²) in [6.07, 6.45) is 2.89. The maximum absolute atomic E-state index is 12.9. The molecule has 1 aromatic carbocycles. The van der Waals surface area contributed by atoms with Gasteiger partial charge in [0.15, 0.2) is 5.76 Å². The number of benzene rings is 1. The highest BCUT2D eigenvalue weighted by atomic mass is 32.1. The van der Waals surface area contributed by atoms with Gasteiger partial charge < -0.3 is 9.73 Å². The Morgan fingerprint density at radius 1 is 1.15 bits per heavy atom. The van der Waals surface area contributed by atoms with Crippen molar-refractivity contribution >= 4 is 16.5 Å². The minimum Gasteiger partial charge on any atom is -0.461 e. The van der Waals surface area contributed by atoms with Crippen LogP contribution in [-0.4, -0.2) is 31.9 Å². The first-order chi connectivity index (χ1) is 12.8. The molecule has 0 radical (unpaired) electrons. The summed E-state index contributed by atoms with van der Waals surface area (Å²) in [6.45, 7) is 0.651. The van der Waals surface area contributed by atoms with Crippen molar-refractivity contribution in [3.05, 3.63) is 64.9 Å². The van der Waals surface area contributed by atoms with E-state index in [2.05, 4.69) is 30.7 Å². The van der Waals surface area contributed by atoms with E-state index in [1.807, 2.05) is 6.07 Å². The van der Waals surface area contributed by atoms with Gasteiger partial charge in [0.05, 0.1) is 6.26 Å². The highest BCUT2D eigenvalue weighted by molar-refractivity contribution is 7.15. The first kappa shape index (κ1) is 16.4. The Bertz CT molecular complexity index is 963. The number of nitrogens with zero attached hydrogens (tertiary/aromatic N) is 4. The van der Waals surface area contributed by atoms with Crippen LogP contribution in [0.25, 0.3) is 11.6 Å². The number of H-pyrrole nitrogens is 1. The van der Waals surface area contributed by atoms with Crippen molar-refractivity contribution in [2.75, 3.05) is 11.9 Å². The molecule has 26 heavy (non-hydrogen) atoms. The molecule has 0 atom stereocenters. The minimum absolute atomic E-state index is 0.240. The van der Waals surface area contributed by atoms with E-state index in [9.17, 15) is 4.39 Å². The Hall–Kier alpha value is -3.07. The van der Waals surface area contributed by atoms with E-state index in [0.717, 1.165) is 21.5 Å². The van der Waals surface area contributed by atoms with Crippen molar-refractivity contribution < 1.29 is 8.81 Å². The Morgan fingerprint density at radius 2 is 2.04 bits per heavy atom. The maximum atomic E-state index is 12.9. The summed E-state index contributed by atoms with van der Waals surface area (Å²) in [6, 6.07) is 10.0. The van der Waals surface area contributed by atoms with Crippen LogP contribution < -0.4 is 5.32 Å². The normalized spacial score (nSPS) is 11.0. The van der Waals surface area contributed by atoms with Crippen molar-refractivity contribution in [2.24, 2.45) is 0 Å². The molecular weight excluding hydrogens is 355 g/mol. The first-order valence-corrected chi connectivity index (χ1v) is 8.84. The number of anilines is 1. The average Bonchev–Trinajstić information content (AvgIpc) is 3.38. The Balaban J connectivity index is 1.29. The molecule has 0 amide bonds. The van der Waals surface area contributed by atoms with Gasteiger partial charge in [-0.25, -0.2) is 9.37 Å². The summed E-state index contributed by atoms with van der Waals surface area (Å²) >= 11 is 1.48. The summed E-state index contributed by atoms with van der Waals surface area (Å²) in [7, 11) is 0. The standard InChI is InChI=1S/C17H15FN6OS/c18-12-5-3-11(4-6-12)10-15-22-24-17(26-15)19-8-7-14-20-16(23-21-14)13-2-1-9-25-13/h1-6,9H,7-8,10H2,(H,19,24)(H,20,21,23). The number of nitrogens with one attached hydrogen (secondary N) is 2. The van der Waals surface area contributed by atoms with Gasteiger partial charge in [-0.2, -0.15) is 5.10 Å². The molecule has 0 aliphatic carbocycles. The molecule has 4 aromatic rings. The third-order valence-corrected chi connectivity index (χ3v) is 4.53. The summed E-state index contributed by atoms with van der Waals surface area (Å²) in [5.74, 6) is 1.70. The van der Waals surface area contributed by atoms with Gasteiger partial charge >= 0.3 is 0 Å². The summed E-state index contributed by atoms with van der Waals surface area (Å²) < 4.78 is 18.2. The summed E-state index contributed by atoms with van der Waals surface area (Å²) in [4.78, 5) is 4.39. The van der Waals surface area contributed by atoms with E-state index in [1.165, 1.54) is 23.5 Å². The van der Waals surface area contributed by atoms with Crippen molar-refractivity contribution in [2.45, 2.75) is 12.8 Å². The first-order valence-electron chi connectivity index (χ1n) is 8.02. The second kappa shape index (κ2) is 7.44. The molecule has 0 fully saturated rings. The van der Waals surface area contributed by atoms with Crippen molar-refractivity contribution in [1.29, 1.82) is 0 Å². The van der Waals surface area contributed by atoms with Crippen molar-refractivity contribution in [3.63, 3.8) is 0 Å². The number of aromatic nitrogens is 5. The zero-order chi connectivity index (χ0) is 17.8. The van der Waals surface area contributed by atoms with E-state index in [-0.39, 0.29) is 5.82 Å². The molecule has 0 aliphatic heterocycles. The predicted octanol–water partition coefficient (Wildman–Crippen LogP) is 3.30. The fourth-order valence-electron chi connectivity index (χ4n) is 2.38. The highest BCUT2D eigenvalue weighted by Crippen LogP contribution is 2.19. The number of aromatic amines is 1. The molecule has 2 N–H and O–H groups in total. The molecule has 132 valence electrons. The second-order valence-electron chi connectivity index (χ2n) is 5.56. The monoisotopic (exact) mass is 370 g/mol. The number of furan rings is 1. The zero-order valence-electron chi connectivity index (χ0n) is 13.6. The molecule has 3 heterocycles. The maximum Gasteiger partial charge on any atom is 0.216 e. The smallest absolute Gasteiger partial charge is 0.216 e. The van der Waals surface area contributed by atoms with Crippen LogP contribution in [0.15, 0.2) is 47.1 Å². The van der Waals surface area contributed by atoms with Crippen LogP contribution in [-0.2, 0) is 12.8 Å². The summed E-state index contributed by atoms with van der Waals surface area (Å²) in [5, 5.41) is 20.2. The van der Waals surface area contributed by atoms with Gasteiger partial charge in [0.1, 0.15) is 16.6 Å². The lowest BCUT2D eigenvalue weighted by molar-refractivity contribution is 0.577. The van der Waals surface area contributed by atoms with Crippen LogP contribution in [0.3, 0.4) is 0 Å². The van der Waals surface area contributed by atoms with Crippen LogP contribution in [0.1, 0.15) is 16.4 Å². The van der Waals surface area contributed by atoms with E-state index in [4.69, 9.17) is 4.42 Å². The molecule has 0 saturated carbocycles. The largest absolute Gasteiger partial charge is 0.461 e. The Labute approximate surface area is 152 Å². The predicted molar refractivity (Wildman–Crippen MR) is 95.4 cm³/mol. The van der Waals surface area contributed by atoms with Crippen LogP contribution >= 0.6 is 11.3 Å². The van der Waals surface area contributed by atoms with Crippen molar-refractivity contribution in [3.8, 4) is 11.6 Å². The molecular formula is C17H15FN6OS. The third kappa shape index (κ3) is 3.94. The molecule has 0 bridgehead atoms. The number of hydrogen-bond acceptors (Lipinski definition) is 7. The number of halogens is 1. The fourth-order valence-corrected chi connectivity index (χ4v) is 3.18. The van der Waals surface area contributed by atoms with E-state index < -0.39 is 0 Å². The van der Waals surface area contributed by atoms with E-state index in [0.29, 0.717) is 31.0 Å².